The van der Waals surface area contributed by atoms with Crippen LogP contribution in [-0.4, -0.2) is 16.5 Å². The van der Waals surface area contributed by atoms with Gasteiger partial charge in [0.2, 0.25) is 5.82 Å². The SMILES string of the molecule is CC(C)C(C)CNc1nccc(C#N)c1[N+](=O)[O-]. The molecule has 1 heterocycles. The molecule has 96 valence electrons. The number of nitriles is 1. The van der Waals surface area contributed by atoms with Crippen molar-refractivity contribution in [2.75, 3.05) is 11.9 Å². The Bertz CT molecular complexity index is 479. The summed E-state index contributed by atoms with van der Waals surface area (Å²) in [6.45, 7) is 6.80. The van der Waals surface area contributed by atoms with Gasteiger partial charge in [-0.25, -0.2) is 4.98 Å². The van der Waals surface area contributed by atoms with Crippen molar-refractivity contribution in [1.29, 1.82) is 5.26 Å². The fraction of sp³-hybridized carbons (Fsp3) is 0.500. The van der Waals surface area contributed by atoms with Crippen LogP contribution in [0.25, 0.3) is 0 Å². The van der Waals surface area contributed by atoms with Crippen LogP contribution in [0.2, 0.25) is 0 Å². The highest BCUT2D eigenvalue weighted by atomic mass is 16.6. The van der Waals surface area contributed by atoms with E-state index in [9.17, 15) is 10.1 Å². The topological polar surface area (TPSA) is 91.8 Å². The van der Waals surface area contributed by atoms with Gasteiger partial charge in [0.25, 0.3) is 0 Å². The quantitative estimate of drug-likeness (QED) is 0.638. The lowest BCUT2D eigenvalue weighted by molar-refractivity contribution is -0.384. The average Bonchev–Trinajstić information content (AvgIpc) is 2.34. The highest BCUT2D eigenvalue weighted by Gasteiger charge is 2.21. The van der Waals surface area contributed by atoms with E-state index in [-0.39, 0.29) is 17.1 Å². The second kappa shape index (κ2) is 5.96. The summed E-state index contributed by atoms with van der Waals surface area (Å²) in [4.78, 5) is 14.3. The summed E-state index contributed by atoms with van der Waals surface area (Å²) >= 11 is 0. The molecule has 18 heavy (non-hydrogen) atoms. The smallest absolute Gasteiger partial charge is 0.328 e. The Balaban J connectivity index is 2.96. The second-order valence-corrected chi connectivity index (χ2v) is 4.53. The molecule has 0 spiro atoms. The number of nitrogens with zero attached hydrogens (tertiary/aromatic N) is 3. The number of nitrogens with one attached hydrogen (secondary N) is 1. The van der Waals surface area contributed by atoms with Crippen molar-refractivity contribution in [3.8, 4) is 6.07 Å². The molecule has 1 rings (SSSR count). The molecule has 0 aliphatic rings. The number of hydrogen-bond donors (Lipinski definition) is 1. The Labute approximate surface area is 106 Å². The Morgan fingerprint density at radius 1 is 1.56 bits per heavy atom. The summed E-state index contributed by atoms with van der Waals surface area (Å²) in [6.07, 6.45) is 1.40. The second-order valence-electron chi connectivity index (χ2n) is 4.53. The number of nitro groups is 1. The Kier molecular flexibility index (Phi) is 4.60. The minimum absolute atomic E-state index is 0.0229. The molecule has 1 aromatic heterocycles. The van der Waals surface area contributed by atoms with Gasteiger partial charge >= 0.3 is 5.69 Å². The molecule has 0 bridgehead atoms. The van der Waals surface area contributed by atoms with Gasteiger partial charge in [0.1, 0.15) is 11.6 Å². The Morgan fingerprint density at radius 2 is 2.22 bits per heavy atom. The first kappa shape index (κ1) is 13.9. The van der Waals surface area contributed by atoms with E-state index in [1.165, 1.54) is 12.3 Å². The maximum absolute atomic E-state index is 11.0. The molecule has 0 aliphatic carbocycles. The fourth-order valence-corrected chi connectivity index (χ4v) is 1.35. The molecule has 0 radical (unpaired) electrons. The number of hydrogen-bond acceptors (Lipinski definition) is 5. The van der Waals surface area contributed by atoms with E-state index < -0.39 is 4.92 Å². The van der Waals surface area contributed by atoms with Gasteiger partial charge in [-0.15, -0.1) is 0 Å². The van der Waals surface area contributed by atoms with Gasteiger partial charge in [0.15, 0.2) is 0 Å². The first-order chi connectivity index (χ1) is 8.47. The maximum atomic E-state index is 11.0. The van der Waals surface area contributed by atoms with Crippen LogP contribution < -0.4 is 5.32 Å². The van der Waals surface area contributed by atoms with Gasteiger partial charge in [0.05, 0.1) is 4.92 Å². The Hall–Kier alpha value is -2.16. The van der Waals surface area contributed by atoms with E-state index in [0.717, 1.165) is 0 Å². The normalized spacial score (nSPS) is 11.9. The van der Waals surface area contributed by atoms with E-state index in [0.29, 0.717) is 18.4 Å². The number of pyridine rings is 1. The van der Waals surface area contributed by atoms with Crippen molar-refractivity contribution < 1.29 is 4.92 Å². The molecular formula is C12H16N4O2. The van der Waals surface area contributed by atoms with Crippen LogP contribution in [0.5, 0.6) is 0 Å². The van der Waals surface area contributed by atoms with Crippen molar-refractivity contribution in [2.45, 2.75) is 20.8 Å². The molecule has 1 aromatic rings. The molecule has 1 N–H and O–H groups in total. The van der Waals surface area contributed by atoms with Gasteiger partial charge in [-0.3, -0.25) is 10.1 Å². The fourth-order valence-electron chi connectivity index (χ4n) is 1.35. The summed E-state index contributed by atoms with van der Waals surface area (Å²) in [7, 11) is 0. The minimum Gasteiger partial charge on any atom is -0.364 e. The van der Waals surface area contributed by atoms with Gasteiger partial charge in [-0.1, -0.05) is 20.8 Å². The largest absolute Gasteiger partial charge is 0.364 e. The molecule has 0 aromatic carbocycles. The average molecular weight is 248 g/mol. The Morgan fingerprint density at radius 3 is 2.72 bits per heavy atom. The van der Waals surface area contributed by atoms with Crippen LogP contribution in [0.4, 0.5) is 11.5 Å². The maximum Gasteiger partial charge on any atom is 0.328 e. The van der Waals surface area contributed by atoms with Crippen LogP contribution in [0, 0.1) is 33.3 Å². The molecular weight excluding hydrogens is 232 g/mol. The summed E-state index contributed by atoms with van der Waals surface area (Å²) in [6, 6.07) is 3.15. The molecule has 0 fully saturated rings. The third-order valence-corrected chi connectivity index (χ3v) is 2.96. The predicted molar refractivity (Wildman–Crippen MR) is 68.1 cm³/mol. The van der Waals surface area contributed by atoms with Gasteiger partial charge < -0.3 is 5.32 Å². The van der Waals surface area contributed by atoms with E-state index in [1.807, 2.05) is 0 Å². The van der Waals surface area contributed by atoms with E-state index in [2.05, 4.69) is 31.1 Å². The number of anilines is 1. The zero-order chi connectivity index (χ0) is 13.7. The summed E-state index contributed by atoms with van der Waals surface area (Å²) in [5.41, 5.74) is -0.231. The lowest BCUT2D eigenvalue weighted by Crippen LogP contribution is -2.17. The summed E-state index contributed by atoms with van der Waals surface area (Å²) in [5.74, 6) is 0.986. The highest BCUT2D eigenvalue weighted by molar-refractivity contribution is 5.63. The lowest BCUT2D eigenvalue weighted by atomic mass is 9.98. The van der Waals surface area contributed by atoms with Crippen LogP contribution in [0.3, 0.4) is 0 Å². The van der Waals surface area contributed by atoms with Crippen molar-refractivity contribution in [1.82, 2.24) is 4.98 Å². The standard InChI is InChI=1S/C12H16N4O2/c1-8(2)9(3)7-15-12-11(16(17)18)10(6-13)4-5-14-12/h4-5,8-9H,7H2,1-3H3,(H,14,15). The minimum atomic E-state index is -0.575. The summed E-state index contributed by atoms with van der Waals surface area (Å²) < 4.78 is 0. The van der Waals surface area contributed by atoms with E-state index in [1.54, 1.807) is 6.07 Å². The summed E-state index contributed by atoms with van der Waals surface area (Å²) in [5, 5.41) is 22.7. The van der Waals surface area contributed by atoms with Gasteiger partial charge in [0, 0.05) is 12.7 Å². The predicted octanol–water partition coefficient (Wildman–Crippen LogP) is 2.57. The van der Waals surface area contributed by atoms with Crippen LogP contribution in [0.1, 0.15) is 26.3 Å². The van der Waals surface area contributed by atoms with Gasteiger partial charge in [-0.2, -0.15) is 5.26 Å². The van der Waals surface area contributed by atoms with Gasteiger partial charge in [-0.05, 0) is 17.9 Å². The van der Waals surface area contributed by atoms with Crippen molar-refractivity contribution in [2.24, 2.45) is 11.8 Å². The third-order valence-electron chi connectivity index (χ3n) is 2.96. The van der Waals surface area contributed by atoms with Crippen molar-refractivity contribution >= 4 is 11.5 Å². The van der Waals surface area contributed by atoms with E-state index in [4.69, 9.17) is 5.26 Å². The zero-order valence-electron chi connectivity index (χ0n) is 10.7. The molecule has 6 heteroatoms. The molecule has 0 saturated carbocycles. The number of aromatic nitrogens is 1. The molecule has 0 aliphatic heterocycles. The first-order valence-electron chi connectivity index (χ1n) is 5.74. The monoisotopic (exact) mass is 248 g/mol. The van der Waals surface area contributed by atoms with Crippen LogP contribution in [0.15, 0.2) is 12.3 Å². The zero-order valence-corrected chi connectivity index (χ0v) is 10.7. The highest BCUT2D eigenvalue weighted by Crippen LogP contribution is 2.26. The molecule has 1 atom stereocenters. The molecule has 6 nitrogen and oxygen atoms in total. The molecule has 0 saturated heterocycles. The van der Waals surface area contributed by atoms with Crippen LogP contribution in [-0.2, 0) is 0 Å². The van der Waals surface area contributed by atoms with Crippen molar-refractivity contribution in [3.05, 3.63) is 27.9 Å². The first-order valence-corrected chi connectivity index (χ1v) is 5.74. The van der Waals surface area contributed by atoms with Crippen LogP contribution >= 0.6 is 0 Å². The third kappa shape index (κ3) is 3.17. The molecule has 0 amide bonds. The van der Waals surface area contributed by atoms with E-state index >= 15 is 0 Å². The van der Waals surface area contributed by atoms with Crippen molar-refractivity contribution in [3.63, 3.8) is 0 Å². The lowest BCUT2D eigenvalue weighted by Gasteiger charge is -2.16. The molecule has 1 unspecified atom stereocenters. The number of rotatable bonds is 5.